The van der Waals surface area contributed by atoms with Crippen LogP contribution in [0.25, 0.3) is 0 Å². The lowest BCUT2D eigenvalue weighted by Crippen LogP contribution is -2.03. The van der Waals surface area contributed by atoms with E-state index in [9.17, 15) is 0 Å². The summed E-state index contributed by atoms with van der Waals surface area (Å²) < 4.78 is 0. The summed E-state index contributed by atoms with van der Waals surface area (Å²) in [5, 5.41) is 0. The first-order valence-corrected chi connectivity index (χ1v) is 5.39. The number of anilines is 1. The van der Waals surface area contributed by atoms with Gasteiger partial charge in [0.05, 0.1) is 0 Å². The molecule has 0 radical (unpaired) electrons. The van der Waals surface area contributed by atoms with Crippen LogP contribution in [0, 0.1) is 5.92 Å². The Morgan fingerprint density at radius 3 is 2.29 bits per heavy atom. The van der Waals surface area contributed by atoms with Gasteiger partial charge in [-0.1, -0.05) is 45.9 Å². The average Bonchev–Trinajstić information content (AvgIpc) is 2.07. The SMILES string of the molecule is CC(C)Cc1cccc(C(C)C)c1N. The van der Waals surface area contributed by atoms with E-state index in [2.05, 4.69) is 45.9 Å². The third kappa shape index (κ3) is 2.50. The second-order valence-electron chi connectivity index (χ2n) is 4.67. The molecule has 0 unspecified atom stereocenters. The van der Waals surface area contributed by atoms with Gasteiger partial charge in [0.2, 0.25) is 0 Å². The van der Waals surface area contributed by atoms with E-state index in [0.29, 0.717) is 11.8 Å². The molecule has 1 heteroatoms. The summed E-state index contributed by atoms with van der Waals surface area (Å²) >= 11 is 0. The van der Waals surface area contributed by atoms with Gasteiger partial charge in [0.1, 0.15) is 0 Å². The van der Waals surface area contributed by atoms with E-state index >= 15 is 0 Å². The number of nitrogens with two attached hydrogens (primary N) is 1. The predicted octanol–water partition coefficient (Wildman–Crippen LogP) is 3.59. The predicted molar refractivity (Wildman–Crippen MR) is 63.5 cm³/mol. The maximum atomic E-state index is 6.13. The van der Waals surface area contributed by atoms with Gasteiger partial charge in [0.25, 0.3) is 0 Å². The minimum absolute atomic E-state index is 0.516. The van der Waals surface area contributed by atoms with Crippen LogP contribution in [0.5, 0.6) is 0 Å². The first kappa shape index (κ1) is 11.1. The van der Waals surface area contributed by atoms with E-state index < -0.39 is 0 Å². The fourth-order valence-electron chi connectivity index (χ4n) is 1.75. The third-order valence-electron chi connectivity index (χ3n) is 2.48. The Kier molecular flexibility index (Phi) is 3.56. The van der Waals surface area contributed by atoms with Gasteiger partial charge in [-0.05, 0) is 29.4 Å². The zero-order chi connectivity index (χ0) is 10.7. The van der Waals surface area contributed by atoms with E-state index in [1.54, 1.807) is 0 Å². The highest BCUT2D eigenvalue weighted by Crippen LogP contribution is 2.26. The molecule has 1 aromatic rings. The quantitative estimate of drug-likeness (QED) is 0.726. The van der Waals surface area contributed by atoms with Crippen molar-refractivity contribution in [2.45, 2.75) is 40.0 Å². The Morgan fingerprint density at radius 1 is 1.14 bits per heavy atom. The fraction of sp³-hybridized carbons (Fsp3) is 0.538. The van der Waals surface area contributed by atoms with Crippen LogP contribution in [0.2, 0.25) is 0 Å². The van der Waals surface area contributed by atoms with Crippen molar-refractivity contribution in [3.05, 3.63) is 29.3 Å². The second-order valence-corrected chi connectivity index (χ2v) is 4.67. The first-order chi connectivity index (χ1) is 6.52. The second kappa shape index (κ2) is 4.50. The topological polar surface area (TPSA) is 26.0 Å². The van der Waals surface area contributed by atoms with Crippen molar-refractivity contribution in [3.8, 4) is 0 Å². The number of hydrogen-bond donors (Lipinski definition) is 1. The zero-order valence-corrected chi connectivity index (χ0v) is 9.67. The summed E-state index contributed by atoms with van der Waals surface area (Å²) in [5.41, 5.74) is 9.71. The van der Waals surface area contributed by atoms with Crippen LogP contribution in [-0.2, 0) is 6.42 Å². The molecular formula is C13H21N. The number of para-hydroxylation sites is 1. The monoisotopic (exact) mass is 191 g/mol. The molecule has 1 nitrogen and oxygen atoms in total. The summed E-state index contributed by atoms with van der Waals surface area (Å²) in [6.07, 6.45) is 1.08. The molecule has 1 aromatic carbocycles. The van der Waals surface area contributed by atoms with Crippen LogP contribution in [0.1, 0.15) is 44.7 Å². The highest BCUT2D eigenvalue weighted by Gasteiger charge is 2.08. The third-order valence-corrected chi connectivity index (χ3v) is 2.48. The molecule has 2 N–H and O–H groups in total. The Hall–Kier alpha value is -0.980. The van der Waals surface area contributed by atoms with Crippen LogP contribution >= 0.6 is 0 Å². The van der Waals surface area contributed by atoms with Crippen molar-refractivity contribution < 1.29 is 0 Å². The minimum atomic E-state index is 0.516. The highest BCUT2D eigenvalue weighted by atomic mass is 14.6. The number of rotatable bonds is 3. The van der Waals surface area contributed by atoms with Crippen LogP contribution < -0.4 is 5.73 Å². The number of hydrogen-bond acceptors (Lipinski definition) is 1. The molecule has 0 fully saturated rings. The molecule has 0 bridgehead atoms. The van der Waals surface area contributed by atoms with E-state index in [0.717, 1.165) is 12.1 Å². The molecule has 0 atom stereocenters. The number of nitrogen functional groups attached to an aromatic ring is 1. The van der Waals surface area contributed by atoms with Crippen molar-refractivity contribution in [2.24, 2.45) is 5.92 Å². The molecule has 0 amide bonds. The summed E-state index contributed by atoms with van der Waals surface area (Å²) in [5.74, 6) is 1.18. The minimum Gasteiger partial charge on any atom is -0.398 e. The van der Waals surface area contributed by atoms with Gasteiger partial charge in [-0.25, -0.2) is 0 Å². The lowest BCUT2D eigenvalue weighted by atomic mass is 9.94. The van der Waals surface area contributed by atoms with Gasteiger partial charge in [-0.15, -0.1) is 0 Å². The largest absolute Gasteiger partial charge is 0.398 e. The van der Waals surface area contributed by atoms with E-state index in [1.165, 1.54) is 11.1 Å². The normalized spacial score (nSPS) is 11.3. The van der Waals surface area contributed by atoms with Crippen molar-refractivity contribution in [1.29, 1.82) is 0 Å². The lowest BCUT2D eigenvalue weighted by Gasteiger charge is -2.14. The smallest absolute Gasteiger partial charge is 0.0381 e. The molecule has 1 rings (SSSR count). The van der Waals surface area contributed by atoms with Gasteiger partial charge in [0.15, 0.2) is 0 Å². The van der Waals surface area contributed by atoms with Crippen molar-refractivity contribution >= 4 is 5.69 Å². The summed E-state index contributed by atoms with van der Waals surface area (Å²) in [4.78, 5) is 0. The maximum absolute atomic E-state index is 6.13. The number of benzene rings is 1. The van der Waals surface area contributed by atoms with Crippen molar-refractivity contribution in [2.75, 3.05) is 5.73 Å². The summed E-state index contributed by atoms with van der Waals surface area (Å²) in [6.45, 7) is 8.82. The molecule has 0 aromatic heterocycles. The van der Waals surface area contributed by atoms with E-state index in [4.69, 9.17) is 5.73 Å². The molecular weight excluding hydrogens is 170 g/mol. The maximum Gasteiger partial charge on any atom is 0.0381 e. The van der Waals surface area contributed by atoms with Crippen LogP contribution in [0.3, 0.4) is 0 Å². The van der Waals surface area contributed by atoms with E-state index in [-0.39, 0.29) is 0 Å². The highest BCUT2D eigenvalue weighted by molar-refractivity contribution is 5.55. The standard InChI is InChI=1S/C13H21N/c1-9(2)8-11-6-5-7-12(10(3)4)13(11)14/h5-7,9-10H,8,14H2,1-4H3. The van der Waals surface area contributed by atoms with Crippen LogP contribution in [-0.4, -0.2) is 0 Å². The van der Waals surface area contributed by atoms with Crippen LogP contribution in [0.15, 0.2) is 18.2 Å². The van der Waals surface area contributed by atoms with Crippen LogP contribution in [0.4, 0.5) is 5.69 Å². The van der Waals surface area contributed by atoms with Gasteiger partial charge >= 0.3 is 0 Å². The van der Waals surface area contributed by atoms with Gasteiger partial charge in [-0.2, -0.15) is 0 Å². The first-order valence-electron chi connectivity index (χ1n) is 5.39. The molecule has 0 aliphatic carbocycles. The molecule has 0 spiro atoms. The Morgan fingerprint density at radius 2 is 1.79 bits per heavy atom. The Balaban J connectivity index is 3.01. The fourth-order valence-corrected chi connectivity index (χ4v) is 1.75. The van der Waals surface area contributed by atoms with E-state index in [1.807, 2.05) is 0 Å². The molecule has 0 saturated carbocycles. The Bertz CT molecular complexity index is 300. The summed E-state index contributed by atoms with van der Waals surface area (Å²) in [6, 6.07) is 6.38. The average molecular weight is 191 g/mol. The molecule has 0 aliphatic heterocycles. The van der Waals surface area contributed by atoms with Gasteiger partial charge in [-0.3, -0.25) is 0 Å². The summed E-state index contributed by atoms with van der Waals surface area (Å²) in [7, 11) is 0. The zero-order valence-electron chi connectivity index (χ0n) is 9.67. The van der Waals surface area contributed by atoms with Gasteiger partial charge in [0, 0.05) is 5.69 Å². The van der Waals surface area contributed by atoms with Crippen molar-refractivity contribution in [1.82, 2.24) is 0 Å². The molecule has 0 heterocycles. The lowest BCUT2D eigenvalue weighted by molar-refractivity contribution is 0.647. The molecule has 0 saturated heterocycles. The molecule has 78 valence electrons. The Labute approximate surface area is 87.3 Å². The van der Waals surface area contributed by atoms with Gasteiger partial charge < -0.3 is 5.73 Å². The molecule has 0 aliphatic rings. The van der Waals surface area contributed by atoms with Crippen molar-refractivity contribution in [3.63, 3.8) is 0 Å². The molecule has 14 heavy (non-hydrogen) atoms.